The molecule has 1 fully saturated rings. The van der Waals surface area contributed by atoms with Crippen LogP contribution in [0.5, 0.6) is 5.75 Å². The smallest absolute Gasteiger partial charge is 0.205 e. The zero-order valence-corrected chi connectivity index (χ0v) is 13.7. The number of ether oxygens (including phenoxy) is 1. The Balaban J connectivity index is 1.86. The van der Waals surface area contributed by atoms with E-state index in [9.17, 15) is 4.79 Å². The summed E-state index contributed by atoms with van der Waals surface area (Å²) >= 11 is 0. The first-order chi connectivity index (χ1) is 11.8. The molecule has 0 aliphatic heterocycles. The van der Waals surface area contributed by atoms with Gasteiger partial charge in [0, 0.05) is 6.21 Å². The number of benzene rings is 1. The molecule has 0 bridgehead atoms. The highest BCUT2D eigenvalue weighted by atomic mass is 16.5. The molecule has 5 heteroatoms. The summed E-state index contributed by atoms with van der Waals surface area (Å²) < 4.78 is 11.5. The lowest BCUT2D eigenvalue weighted by atomic mass is 9.90. The molecular weight excluding hydrogens is 306 g/mol. The van der Waals surface area contributed by atoms with E-state index in [1.165, 1.54) is 44.6 Å². The van der Waals surface area contributed by atoms with Crippen LogP contribution in [-0.2, 0) is 0 Å². The summed E-state index contributed by atoms with van der Waals surface area (Å²) in [6.45, 7) is 0.851. The third-order valence-electron chi connectivity index (χ3n) is 4.45. The van der Waals surface area contributed by atoms with Gasteiger partial charge >= 0.3 is 0 Å². The molecule has 5 nitrogen and oxygen atoms in total. The average Bonchev–Trinajstić information content (AvgIpc) is 2.63. The Bertz CT molecular complexity index is 760. The molecule has 128 valence electrons. The van der Waals surface area contributed by atoms with Crippen molar-refractivity contribution in [2.45, 2.75) is 32.1 Å². The fourth-order valence-electron chi connectivity index (χ4n) is 3.15. The van der Waals surface area contributed by atoms with Gasteiger partial charge in [-0.1, -0.05) is 25.3 Å². The predicted molar refractivity (Wildman–Crippen MR) is 94.1 cm³/mol. The molecule has 1 aromatic carbocycles. The van der Waals surface area contributed by atoms with Crippen molar-refractivity contribution >= 4 is 17.2 Å². The topological polar surface area (TPSA) is 72.0 Å². The summed E-state index contributed by atoms with van der Waals surface area (Å²) in [5, 5.41) is 9.25. The molecule has 1 N–H and O–H groups in total. The summed E-state index contributed by atoms with van der Waals surface area (Å²) in [7, 11) is 0. The van der Waals surface area contributed by atoms with Gasteiger partial charge in [-0.3, -0.25) is 9.79 Å². The second kappa shape index (κ2) is 8.11. The number of rotatable bonds is 6. The maximum absolute atomic E-state index is 12.7. The van der Waals surface area contributed by atoms with Crippen molar-refractivity contribution in [3.05, 3.63) is 40.2 Å². The predicted octanol–water partition coefficient (Wildman–Crippen LogP) is 3.16. The Morgan fingerprint density at radius 1 is 1.29 bits per heavy atom. The van der Waals surface area contributed by atoms with Crippen molar-refractivity contribution in [2.24, 2.45) is 10.9 Å². The summed E-state index contributed by atoms with van der Waals surface area (Å²) in [5.74, 6) is 1.14. The van der Waals surface area contributed by atoms with Crippen LogP contribution in [0.1, 0.15) is 37.7 Å². The molecule has 1 aliphatic carbocycles. The highest BCUT2D eigenvalue weighted by Gasteiger charge is 2.16. The molecule has 0 unspecified atom stereocenters. The maximum atomic E-state index is 12.7. The van der Waals surface area contributed by atoms with E-state index >= 15 is 0 Å². The van der Waals surface area contributed by atoms with E-state index in [2.05, 4.69) is 4.99 Å². The minimum absolute atomic E-state index is 0.0504. The van der Waals surface area contributed by atoms with Crippen LogP contribution in [0.2, 0.25) is 0 Å². The zero-order chi connectivity index (χ0) is 16.8. The molecule has 0 saturated heterocycles. The molecule has 0 amide bonds. The second-order valence-corrected chi connectivity index (χ2v) is 6.22. The van der Waals surface area contributed by atoms with E-state index in [1.54, 1.807) is 6.07 Å². The van der Waals surface area contributed by atoms with Gasteiger partial charge in [0.05, 0.1) is 25.3 Å². The third-order valence-corrected chi connectivity index (χ3v) is 4.45. The van der Waals surface area contributed by atoms with Gasteiger partial charge in [0.1, 0.15) is 23.0 Å². The summed E-state index contributed by atoms with van der Waals surface area (Å²) in [6.07, 6.45) is 9.06. The molecule has 3 rings (SSSR count). The van der Waals surface area contributed by atoms with Crippen molar-refractivity contribution in [2.75, 3.05) is 19.8 Å². The number of fused-ring (bicyclic) bond motifs is 1. The molecule has 2 aromatic rings. The first-order valence-corrected chi connectivity index (χ1v) is 8.57. The van der Waals surface area contributed by atoms with E-state index < -0.39 is 0 Å². The number of aliphatic hydroxyl groups excluding tert-OH is 1. The Hall–Kier alpha value is -2.14. The molecule has 24 heavy (non-hydrogen) atoms. The lowest BCUT2D eigenvalue weighted by Crippen LogP contribution is -2.16. The molecular formula is C19H23NO4. The van der Waals surface area contributed by atoms with E-state index in [-0.39, 0.29) is 18.6 Å². The fourth-order valence-corrected chi connectivity index (χ4v) is 3.15. The van der Waals surface area contributed by atoms with Crippen molar-refractivity contribution < 1.29 is 14.3 Å². The number of aliphatic hydroxyl groups is 1. The molecule has 1 aliphatic rings. The first-order valence-electron chi connectivity index (χ1n) is 8.57. The molecule has 1 aromatic heterocycles. The van der Waals surface area contributed by atoms with Gasteiger partial charge < -0.3 is 14.3 Å². The van der Waals surface area contributed by atoms with Crippen LogP contribution in [0.15, 0.2) is 38.7 Å². The molecule has 0 radical (unpaired) electrons. The van der Waals surface area contributed by atoms with Crippen molar-refractivity contribution in [3.8, 4) is 5.75 Å². The molecule has 1 saturated carbocycles. The monoisotopic (exact) mass is 329 g/mol. The van der Waals surface area contributed by atoms with E-state index in [4.69, 9.17) is 14.3 Å². The lowest BCUT2D eigenvalue weighted by Gasteiger charge is -2.21. The van der Waals surface area contributed by atoms with Crippen molar-refractivity contribution in [1.82, 2.24) is 0 Å². The summed E-state index contributed by atoms with van der Waals surface area (Å²) in [5.41, 5.74) is 0.724. The highest BCUT2D eigenvalue weighted by molar-refractivity contribution is 5.89. The minimum Gasteiger partial charge on any atom is -0.492 e. The van der Waals surface area contributed by atoms with E-state index in [1.807, 2.05) is 12.1 Å². The van der Waals surface area contributed by atoms with Crippen LogP contribution in [0.4, 0.5) is 0 Å². The largest absolute Gasteiger partial charge is 0.492 e. The van der Waals surface area contributed by atoms with E-state index in [0.29, 0.717) is 34.8 Å². The SMILES string of the molecule is O=c1c(C=NCCO)coc2cccc(OCC3CCCCC3)c12. The Kier molecular flexibility index (Phi) is 5.64. The van der Waals surface area contributed by atoms with Crippen LogP contribution >= 0.6 is 0 Å². The normalized spacial score (nSPS) is 16.0. The van der Waals surface area contributed by atoms with Gasteiger partial charge in [-0.25, -0.2) is 0 Å². The summed E-state index contributed by atoms with van der Waals surface area (Å²) in [6, 6.07) is 5.41. The molecule has 0 spiro atoms. The third kappa shape index (κ3) is 3.85. The van der Waals surface area contributed by atoms with Crippen LogP contribution in [-0.4, -0.2) is 31.1 Å². The number of hydrogen-bond acceptors (Lipinski definition) is 5. The van der Waals surface area contributed by atoms with Gasteiger partial charge in [0.25, 0.3) is 0 Å². The summed E-state index contributed by atoms with van der Waals surface area (Å²) in [4.78, 5) is 16.7. The Labute approximate surface area is 141 Å². The van der Waals surface area contributed by atoms with Crippen LogP contribution in [0, 0.1) is 5.92 Å². The number of hydrogen-bond donors (Lipinski definition) is 1. The first kappa shape index (κ1) is 16.7. The van der Waals surface area contributed by atoms with E-state index in [0.717, 1.165) is 0 Å². The van der Waals surface area contributed by atoms with Crippen molar-refractivity contribution in [1.29, 1.82) is 0 Å². The fraction of sp³-hybridized carbons (Fsp3) is 0.474. The van der Waals surface area contributed by atoms with Gasteiger partial charge in [-0.05, 0) is 30.9 Å². The van der Waals surface area contributed by atoms with Gasteiger partial charge in [0.2, 0.25) is 5.43 Å². The highest BCUT2D eigenvalue weighted by Crippen LogP contribution is 2.27. The molecule has 0 atom stereocenters. The molecule has 1 heterocycles. The second-order valence-electron chi connectivity index (χ2n) is 6.22. The number of nitrogens with zero attached hydrogens (tertiary/aromatic N) is 1. The zero-order valence-electron chi connectivity index (χ0n) is 13.7. The average molecular weight is 329 g/mol. The van der Waals surface area contributed by atoms with Crippen LogP contribution < -0.4 is 10.2 Å². The van der Waals surface area contributed by atoms with Gasteiger partial charge in [0.15, 0.2) is 0 Å². The van der Waals surface area contributed by atoms with Crippen LogP contribution in [0.25, 0.3) is 11.0 Å². The number of aliphatic imine (C=N–C) groups is 1. The quantitative estimate of drug-likeness (QED) is 0.826. The maximum Gasteiger partial charge on any atom is 0.205 e. The van der Waals surface area contributed by atoms with Crippen LogP contribution in [0.3, 0.4) is 0 Å². The van der Waals surface area contributed by atoms with Gasteiger partial charge in [-0.15, -0.1) is 0 Å². The Morgan fingerprint density at radius 3 is 2.92 bits per heavy atom. The lowest BCUT2D eigenvalue weighted by molar-refractivity contribution is 0.210. The Morgan fingerprint density at radius 2 is 2.12 bits per heavy atom. The van der Waals surface area contributed by atoms with Gasteiger partial charge in [-0.2, -0.15) is 0 Å². The van der Waals surface area contributed by atoms with Crippen molar-refractivity contribution in [3.63, 3.8) is 0 Å². The minimum atomic E-state index is -0.155. The standard InChI is InChI=1S/C19H23NO4/c21-10-9-20-11-15-13-24-17-8-4-7-16(18(17)19(15)22)23-12-14-5-2-1-3-6-14/h4,7-8,11,13-14,21H,1-3,5-6,9-10,12H2.